The van der Waals surface area contributed by atoms with Crippen molar-refractivity contribution >= 4 is 40.0 Å². The van der Waals surface area contributed by atoms with Crippen molar-refractivity contribution in [3.8, 4) is 11.5 Å². The third-order valence-electron chi connectivity index (χ3n) is 6.48. The van der Waals surface area contributed by atoms with Crippen LogP contribution in [0, 0.1) is 5.82 Å². The Hall–Kier alpha value is -3.37. The molecule has 2 saturated heterocycles. The molecular formula is C26H29ClFN5O4. The van der Waals surface area contributed by atoms with Crippen LogP contribution in [0.25, 0.3) is 10.9 Å². The number of carbonyl (C=O) groups is 1. The van der Waals surface area contributed by atoms with Gasteiger partial charge in [-0.1, -0.05) is 11.6 Å². The summed E-state index contributed by atoms with van der Waals surface area (Å²) in [7, 11) is 1.81. The number of likely N-dealkylation sites (N-methyl/N-ethyl adjacent to an activating group) is 1. The number of hydrogen-bond acceptors (Lipinski definition) is 7. The first-order valence-corrected chi connectivity index (χ1v) is 12.7. The van der Waals surface area contributed by atoms with Crippen LogP contribution in [0.2, 0.25) is 5.02 Å². The van der Waals surface area contributed by atoms with Crippen LogP contribution < -0.4 is 14.8 Å². The van der Waals surface area contributed by atoms with E-state index in [1.165, 1.54) is 18.5 Å². The van der Waals surface area contributed by atoms with E-state index in [9.17, 15) is 9.18 Å². The summed E-state index contributed by atoms with van der Waals surface area (Å²) in [6.45, 7) is 3.82. The summed E-state index contributed by atoms with van der Waals surface area (Å²) in [4.78, 5) is 24.5. The maximum atomic E-state index is 13.6. The summed E-state index contributed by atoms with van der Waals surface area (Å²) in [5.41, 5.74) is 1.26. The largest absolute Gasteiger partial charge is 0.490 e. The van der Waals surface area contributed by atoms with E-state index in [4.69, 9.17) is 25.8 Å². The number of nitrogens with zero attached hydrogens (tertiary/aromatic N) is 4. The molecule has 3 heterocycles. The summed E-state index contributed by atoms with van der Waals surface area (Å²) in [6.07, 6.45) is 3.71. The second-order valence-corrected chi connectivity index (χ2v) is 9.52. The molecular weight excluding hydrogens is 501 g/mol. The molecule has 0 bridgehead atoms. The fourth-order valence-corrected chi connectivity index (χ4v) is 4.58. The highest BCUT2D eigenvalue weighted by Gasteiger charge is 2.24. The van der Waals surface area contributed by atoms with Crippen molar-refractivity contribution in [1.29, 1.82) is 0 Å². The van der Waals surface area contributed by atoms with Gasteiger partial charge >= 0.3 is 6.03 Å². The lowest BCUT2D eigenvalue weighted by molar-refractivity contribution is 0.0243. The Balaban J connectivity index is 1.37. The molecule has 3 aromatic rings. The maximum absolute atomic E-state index is 13.6. The third-order valence-corrected chi connectivity index (χ3v) is 6.77. The van der Waals surface area contributed by atoms with Gasteiger partial charge in [-0.05, 0) is 30.7 Å². The minimum atomic E-state index is -0.491. The number of anilines is 2. The van der Waals surface area contributed by atoms with Crippen LogP contribution in [0.1, 0.15) is 19.3 Å². The molecule has 5 rings (SSSR count). The molecule has 0 spiro atoms. The van der Waals surface area contributed by atoms with Crippen molar-refractivity contribution in [1.82, 2.24) is 19.8 Å². The van der Waals surface area contributed by atoms with Crippen LogP contribution in [0.15, 0.2) is 36.7 Å². The van der Waals surface area contributed by atoms with Gasteiger partial charge in [0.25, 0.3) is 0 Å². The number of carbonyl (C=O) groups excluding carboxylic acids is 1. The lowest BCUT2D eigenvalue weighted by Crippen LogP contribution is -2.30. The molecule has 2 aromatic carbocycles. The SMILES string of the molecule is CN1CCN(CCCOc2cc3ncnc(Nc4ccc(F)c(Cl)c4)c3cc2OC2CCOCC2)C1=O. The zero-order valence-electron chi connectivity index (χ0n) is 20.6. The van der Waals surface area contributed by atoms with Gasteiger partial charge in [0, 0.05) is 56.7 Å². The topological polar surface area (TPSA) is 89.1 Å². The standard InChI is InChI=1S/C26H29ClFN5O4/c1-32-8-9-33(26(32)34)7-2-10-36-23-15-22-19(14-24(23)37-18-5-11-35-12-6-18)25(30-16-29-22)31-17-3-4-21(28)20(27)13-17/h3-4,13-16,18H,2,5-12H2,1H3,(H,29,30,31). The van der Waals surface area contributed by atoms with E-state index in [0.717, 1.165) is 31.3 Å². The van der Waals surface area contributed by atoms with Crippen LogP contribution >= 0.6 is 11.6 Å². The van der Waals surface area contributed by atoms with E-state index < -0.39 is 5.82 Å². The number of rotatable bonds is 9. The molecule has 1 N–H and O–H groups in total. The van der Waals surface area contributed by atoms with Gasteiger partial charge in [-0.2, -0.15) is 0 Å². The Bertz CT molecular complexity index is 1270. The first-order valence-electron chi connectivity index (χ1n) is 12.4. The second kappa shape index (κ2) is 11.4. The van der Waals surface area contributed by atoms with Crippen molar-refractivity contribution in [2.75, 3.05) is 51.8 Å². The lowest BCUT2D eigenvalue weighted by atomic mass is 10.1. The van der Waals surface area contributed by atoms with Crippen molar-refractivity contribution < 1.29 is 23.4 Å². The number of ether oxygens (including phenoxy) is 3. The fraction of sp³-hybridized carbons (Fsp3) is 0.423. The van der Waals surface area contributed by atoms with Gasteiger partial charge in [0.15, 0.2) is 11.5 Å². The summed E-state index contributed by atoms with van der Waals surface area (Å²) in [5, 5.41) is 3.94. The zero-order valence-corrected chi connectivity index (χ0v) is 21.3. The number of benzene rings is 2. The van der Waals surface area contributed by atoms with Crippen molar-refractivity contribution in [2.45, 2.75) is 25.4 Å². The van der Waals surface area contributed by atoms with Gasteiger partial charge in [-0.15, -0.1) is 0 Å². The van der Waals surface area contributed by atoms with Crippen molar-refractivity contribution in [3.63, 3.8) is 0 Å². The van der Waals surface area contributed by atoms with Gasteiger partial charge in [-0.25, -0.2) is 19.2 Å². The number of hydrogen-bond donors (Lipinski definition) is 1. The van der Waals surface area contributed by atoms with Crippen molar-refractivity contribution in [3.05, 3.63) is 47.5 Å². The molecule has 196 valence electrons. The smallest absolute Gasteiger partial charge is 0.319 e. The molecule has 2 aliphatic rings. The molecule has 2 amide bonds. The molecule has 0 aliphatic carbocycles. The normalized spacial score (nSPS) is 16.5. The molecule has 0 atom stereocenters. The fourth-order valence-electron chi connectivity index (χ4n) is 4.40. The molecule has 1 aromatic heterocycles. The average molecular weight is 530 g/mol. The Morgan fingerprint density at radius 1 is 1.16 bits per heavy atom. The summed E-state index contributed by atoms with van der Waals surface area (Å²) < 4.78 is 31.6. The van der Waals surface area contributed by atoms with Crippen LogP contribution in [0.4, 0.5) is 20.7 Å². The number of aromatic nitrogens is 2. The number of nitrogens with one attached hydrogen (secondary N) is 1. The Labute approximate surface area is 219 Å². The van der Waals surface area contributed by atoms with Crippen LogP contribution in [-0.2, 0) is 4.74 Å². The lowest BCUT2D eigenvalue weighted by Gasteiger charge is -2.25. The molecule has 2 fully saturated rings. The summed E-state index contributed by atoms with van der Waals surface area (Å²) in [6, 6.07) is 8.15. The predicted molar refractivity (Wildman–Crippen MR) is 138 cm³/mol. The Morgan fingerprint density at radius 2 is 2.00 bits per heavy atom. The minimum absolute atomic E-state index is 0.00301. The number of urea groups is 1. The first-order chi connectivity index (χ1) is 18.0. The van der Waals surface area contributed by atoms with E-state index in [0.29, 0.717) is 61.3 Å². The van der Waals surface area contributed by atoms with Gasteiger partial charge in [0.1, 0.15) is 24.1 Å². The monoisotopic (exact) mass is 529 g/mol. The van der Waals surface area contributed by atoms with E-state index in [1.54, 1.807) is 11.0 Å². The second-order valence-electron chi connectivity index (χ2n) is 9.12. The van der Waals surface area contributed by atoms with Crippen LogP contribution in [-0.4, -0.2) is 78.4 Å². The average Bonchev–Trinajstić information content (AvgIpc) is 3.22. The molecule has 0 unspecified atom stereocenters. The van der Waals surface area contributed by atoms with Crippen molar-refractivity contribution in [2.24, 2.45) is 0 Å². The highest BCUT2D eigenvalue weighted by molar-refractivity contribution is 6.31. The molecule has 0 saturated carbocycles. The van der Waals surface area contributed by atoms with Crippen LogP contribution in [0.3, 0.4) is 0 Å². The van der Waals surface area contributed by atoms with Gasteiger partial charge < -0.3 is 29.3 Å². The van der Waals surface area contributed by atoms with E-state index in [1.807, 2.05) is 24.1 Å². The van der Waals surface area contributed by atoms with E-state index in [-0.39, 0.29) is 17.2 Å². The van der Waals surface area contributed by atoms with Crippen LogP contribution in [0.5, 0.6) is 11.5 Å². The van der Waals surface area contributed by atoms with E-state index >= 15 is 0 Å². The quantitative estimate of drug-likeness (QED) is 0.396. The van der Waals surface area contributed by atoms with Gasteiger partial charge in [0.05, 0.1) is 30.4 Å². The highest BCUT2D eigenvalue weighted by atomic mass is 35.5. The third kappa shape index (κ3) is 5.97. The molecule has 0 radical (unpaired) electrons. The molecule has 2 aliphatic heterocycles. The minimum Gasteiger partial charge on any atom is -0.490 e. The highest BCUT2D eigenvalue weighted by Crippen LogP contribution is 2.37. The molecule has 11 heteroatoms. The van der Waals surface area contributed by atoms with Gasteiger partial charge in [0.2, 0.25) is 0 Å². The summed E-state index contributed by atoms with van der Waals surface area (Å²) >= 11 is 5.95. The Morgan fingerprint density at radius 3 is 2.76 bits per heavy atom. The van der Waals surface area contributed by atoms with Gasteiger partial charge in [-0.3, -0.25) is 0 Å². The number of amides is 2. The molecule has 9 nitrogen and oxygen atoms in total. The molecule has 37 heavy (non-hydrogen) atoms. The maximum Gasteiger partial charge on any atom is 0.319 e. The zero-order chi connectivity index (χ0) is 25.8. The Kier molecular flexibility index (Phi) is 7.76. The first kappa shape index (κ1) is 25.3. The van der Waals surface area contributed by atoms with E-state index in [2.05, 4.69) is 15.3 Å². The number of halogens is 2. The predicted octanol–water partition coefficient (Wildman–Crippen LogP) is 4.86. The summed E-state index contributed by atoms with van der Waals surface area (Å²) in [5.74, 6) is 1.22. The number of fused-ring (bicyclic) bond motifs is 1.